The largest absolute Gasteiger partial charge is 0.363 e. The molecule has 4 rings (SSSR count). The highest BCUT2D eigenvalue weighted by molar-refractivity contribution is 5.30. The summed E-state index contributed by atoms with van der Waals surface area (Å²) >= 11 is 0. The quantitative estimate of drug-likeness (QED) is 0.835. The molecule has 0 unspecified atom stereocenters. The van der Waals surface area contributed by atoms with Gasteiger partial charge in [-0.1, -0.05) is 5.16 Å². The Morgan fingerprint density at radius 1 is 1.32 bits per heavy atom. The number of rotatable bonds is 2. The molecule has 2 aromatic rings. The minimum atomic E-state index is -0.428. The van der Waals surface area contributed by atoms with Gasteiger partial charge in [0.05, 0.1) is 18.5 Å². The van der Waals surface area contributed by atoms with Crippen LogP contribution < -0.4 is 4.90 Å². The molecule has 22 heavy (non-hydrogen) atoms. The number of nitrogens with zero attached hydrogens (tertiary/aromatic N) is 5. The Kier molecular flexibility index (Phi) is 3.25. The van der Waals surface area contributed by atoms with Crippen molar-refractivity contribution in [3.63, 3.8) is 0 Å². The third-order valence-corrected chi connectivity index (χ3v) is 4.26. The van der Waals surface area contributed by atoms with E-state index in [0.717, 1.165) is 19.4 Å². The second kappa shape index (κ2) is 5.28. The highest BCUT2D eigenvalue weighted by atomic mass is 19.1. The maximum Gasteiger partial charge on any atom is 0.255 e. The van der Waals surface area contributed by atoms with Crippen LogP contribution in [0.3, 0.4) is 0 Å². The summed E-state index contributed by atoms with van der Waals surface area (Å²) < 4.78 is 24.2. The molecule has 2 aromatic heterocycles. The Morgan fingerprint density at radius 3 is 2.86 bits per heavy atom. The summed E-state index contributed by atoms with van der Waals surface area (Å²) in [6.45, 7) is 3.33. The number of anilines is 1. The van der Waals surface area contributed by atoms with Crippen molar-refractivity contribution < 1.29 is 13.7 Å². The molecular weight excluding hydrogens is 289 g/mol. The van der Waals surface area contributed by atoms with Crippen molar-refractivity contribution in [1.82, 2.24) is 20.1 Å². The molecule has 0 bridgehead atoms. The van der Waals surface area contributed by atoms with Crippen molar-refractivity contribution in [2.45, 2.75) is 32.0 Å². The second-order valence-electron chi connectivity index (χ2n) is 5.77. The summed E-state index contributed by atoms with van der Waals surface area (Å²) in [6.07, 6.45) is 4.20. The molecule has 2 aliphatic rings. The number of aryl methyl sites for hydroxylation is 1. The van der Waals surface area contributed by atoms with Crippen LogP contribution in [-0.2, 0) is 4.74 Å². The summed E-state index contributed by atoms with van der Waals surface area (Å²) in [6, 6.07) is 0. The molecule has 0 radical (unpaired) electrons. The van der Waals surface area contributed by atoms with Crippen LogP contribution in [0.4, 0.5) is 10.3 Å². The summed E-state index contributed by atoms with van der Waals surface area (Å²) in [4.78, 5) is 14.4. The van der Waals surface area contributed by atoms with Crippen LogP contribution in [0.15, 0.2) is 16.9 Å². The molecule has 3 atom stereocenters. The Balaban J connectivity index is 1.46. The lowest BCUT2D eigenvalue weighted by Gasteiger charge is -2.33. The van der Waals surface area contributed by atoms with E-state index in [0.29, 0.717) is 30.1 Å². The first kappa shape index (κ1) is 13.6. The van der Waals surface area contributed by atoms with E-state index < -0.39 is 5.82 Å². The molecular formula is C14H16FN5O2. The standard InChI is InChI=1S/C14H16FN5O2/c1-8-18-13(22-19-8)11-4-9-2-3-20(7-12(9)21-11)14-16-5-10(15)6-17-14/h5-6,9,11-12H,2-4,7H2,1H3/t9-,11+,12+/m0/s1. The summed E-state index contributed by atoms with van der Waals surface area (Å²) in [5, 5.41) is 3.82. The molecule has 2 fully saturated rings. The van der Waals surface area contributed by atoms with Crippen LogP contribution in [-0.4, -0.2) is 39.3 Å². The molecule has 2 saturated heterocycles. The first-order valence-electron chi connectivity index (χ1n) is 7.37. The number of halogens is 1. The molecule has 0 spiro atoms. The van der Waals surface area contributed by atoms with Crippen molar-refractivity contribution in [2.75, 3.05) is 18.0 Å². The van der Waals surface area contributed by atoms with Crippen LogP contribution in [0.1, 0.15) is 30.7 Å². The van der Waals surface area contributed by atoms with E-state index >= 15 is 0 Å². The van der Waals surface area contributed by atoms with Gasteiger partial charge in [-0.2, -0.15) is 4.98 Å². The van der Waals surface area contributed by atoms with E-state index in [1.54, 1.807) is 6.92 Å². The highest BCUT2D eigenvalue weighted by Crippen LogP contribution is 2.40. The van der Waals surface area contributed by atoms with E-state index in [4.69, 9.17) is 9.26 Å². The average Bonchev–Trinajstić information content (AvgIpc) is 3.13. The number of ether oxygens (including phenoxy) is 1. The van der Waals surface area contributed by atoms with Crippen LogP contribution in [0.5, 0.6) is 0 Å². The minimum absolute atomic E-state index is 0.0830. The lowest BCUT2D eigenvalue weighted by Crippen LogP contribution is -2.43. The molecule has 0 amide bonds. The van der Waals surface area contributed by atoms with E-state index in [2.05, 4.69) is 20.1 Å². The number of hydrogen-bond acceptors (Lipinski definition) is 7. The molecule has 4 heterocycles. The molecule has 8 heteroatoms. The van der Waals surface area contributed by atoms with Gasteiger partial charge < -0.3 is 14.2 Å². The molecule has 116 valence electrons. The van der Waals surface area contributed by atoms with Crippen LogP contribution >= 0.6 is 0 Å². The van der Waals surface area contributed by atoms with Crippen molar-refractivity contribution in [1.29, 1.82) is 0 Å². The monoisotopic (exact) mass is 305 g/mol. The Morgan fingerprint density at radius 2 is 2.14 bits per heavy atom. The van der Waals surface area contributed by atoms with Gasteiger partial charge in [0.25, 0.3) is 5.89 Å². The topological polar surface area (TPSA) is 77.2 Å². The zero-order valence-corrected chi connectivity index (χ0v) is 12.1. The predicted octanol–water partition coefficient (Wildman–Crippen LogP) is 1.66. The fourth-order valence-electron chi connectivity index (χ4n) is 3.18. The highest BCUT2D eigenvalue weighted by Gasteiger charge is 2.42. The Labute approximate surface area is 126 Å². The van der Waals surface area contributed by atoms with E-state index in [1.165, 1.54) is 12.4 Å². The lowest BCUT2D eigenvalue weighted by molar-refractivity contribution is 0.0162. The maximum absolute atomic E-state index is 12.9. The van der Waals surface area contributed by atoms with Gasteiger partial charge in [0.2, 0.25) is 5.95 Å². The third kappa shape index (κ3) is 2.43. The first-order valence-corrected chi connectivity index (χ1v) is 7.37. The van der Waals surface area contributed by atoms with Gasteiger partial charge in [-0.05, 0) is 25.7 Å². The fourth-order valence-corrected chi connectivity index (χ4v) is 3.18. The van der Waals surface area contributed by atoms with Gasteiger partial charge in [0.1, 0.15) is 6.10 Å². The SMILES string of the molecule is Cc1noc([C@H]2C[C@@H]3CCN(c4ncc(F)cn4)C[C@H]3O2)n1. The number of piperidine rings is 1. The van der Waals surface area contributed by atoms with E-state index in [1.807, 2.05) is 4.90 Å². The molecule has 0 saturated carbocycles. The van der Waals surface area contributed by atoms with Crippen molar-refractivity contribution in [2.24, 2.45) is 5.92 Å². The molecule has 0 aliphatic carbocycles. The fraction of sp³-hybridized carbons (Fsp3) is 0.571. The van der Waals surface area contributed by atoms with Gasteiger partial charge in [-0.25, -0.2) is 14.4 Å². The molecule has 0 aromatic carbocycles. The Hall–Kier alpha value is -2.09. The summed E-state index contributed by atoms with van der Waals surface area (Å²) in [5.74, 6) is 1.75. The predicted molar refractivity (Wildman–Crippen MR) is 73.6 cm³/mol. The lowest BCUT2D eigenvalue weighted by atomic mass is 9.92. The zero-order chi connectivity index (χ0) is 15.1. The second-order valence-corrected chi connectivity index (χ2v) is 5.77. The van der Waals surface area contributed by atoms with Gasteiger partial charge >= 0.3 is 0 Å². The molecule has 0 N–H and O–H groups in total. The number of hydrogen-bond donors (Lipinski definition) is 0. The maximum atomic E-state index is 12.9. The van der Waals surface area contributed by atoms with Crippen LogP contribution in [0.2, 0.25) is 0 Å². The number of aromatic nitrogens is 4. The zero-order valence-electron chi connectivity index (χ0n) is 12.1. The van der Waals surface area contributed by atoms with Crippen molar-refractivity contribution >= 4 is 5.95 Å². The molecule has 2 aliphatic heterocycles. The smallest absolute Gasteiger partial charge is 0.255 e. The van der Waals surface area contributed by atoms with Crippen LogP contribution in [0.25, 0.3) is 0 Å². The Bertz CT molecular complexity index is 662. The third-order valence-electron chi connectivity index (χ3n) is 4.26. The van der Waals surface area contributed by atoms with E-state index in [9.17, 15) is 4.39 Å². The summed E-state index contributed by atoms with van der Waals surface area (Å²) in [7, 11) is 0. The van der Waals surface area contributed by atoms with Crippen molar-refractivity contribution in [3.05, 3.63) is 29.9 Å². The summed E-state index contributed by atoms with van der Waals surface area (Å²) in [5.41, 5.74) is 0. The average molecular weight is 305 g/mol. The number of fused-ring (bicyclic) bond motifs is 1. The first-order chi connectivity index (χ1) is 10.7. The van der Waals surface area contributed by atoms with E-state index in [-0.39, 0.29) is 12.2 Å². The van der Waals surface area contributed by atoms with Gasteiger partial charge in [0.15, 0.2) is 11.6 Å². The van der Waals surface area contributed by atoms with Gasteiger partial charge in [0, 0.05) is 13.1 Å². The van der Waals surface area contributed by atoms with Crippen LogP contribution in [0, 0.1) is 18.7 Å². The molecule has 7 nitrogen and oxygen atoms in total. The normalized spacial score (nSPS) is 27.9. The minimum Gasteiger partial charge on any atom is -0.363 e. The van der Waals surface area contributed by atoms with Gasteiger partial charge in [-0.3, -0.25) is 0 Å². The van der Waals surface area contributed by atoms with Crippen molar-refractivity contribution in [3.8, 4) is 0 Å². The van der Waals surface area contributed by atoms with Gasteiger partial charge in [-0.15, -0.1) is 0 Å².